The average molecular weight is 853 g/mol. The molecular formula is C55H96O6. The summed E-state index contributed by atoms with van der Waals surface area (Å²) in [4.78, 5) is 37.9. The van der Waals surface area contributed by atoms with Crippen LogP contribution in [0.1, 0.15) is 252 Å². The van der Waals surface area contributed by atoms with Crippen LogP contribution >= 0.6 is 0 Å². The van der Waals surface area contributed by atoms with E-state index in [2.05, 4.69) is 81.5 Å². The van der Waals surface area contributed by atoms with Gasteiger partial charge in [-0.15, -0.1) is 0 Å². The second-order valence-electron chi connectivity index (χ2n) is 17.1. The van der Waals surface area contributed by atoms with Crippen molar-refractivity contribution in [3.05, 3.63) is 60.8 Å². The van der Waals surface area contributed by atoms with E-state index in [4.69, 9.17) is 14.2 Å². The van der Waals surface area contributed by atoms with E-state index in [-0.39, 0.29) is 37.5 Å². The van der Waals surface area contributed by atoms with E-state index in [1.54, 1.807) is 0 Å². The number of unbranched alkanes of at least 4 members (excludes halogenated alkanes) is 25. The van der Waals surface area contributed by atoms with Crippen molar-refractivity contribution in [2.75, 3.05) is 13.2 Å². The minimum Gasteiger partial charge on any atom is -0.462 e. The first-order chi connectivity index (χ1) is 30.0. The van der Waals surface area contributed by atoms with E-state index in [1.807, 2.05) is 0 Å². The summed E-state index contributed by atoms with van der Waals surface area (Å²) in [6.07, 6.45) is 60.7. The van der Waals surface area contributed by atoms with Crippen molar-refractivity contribution in [1.82, 2.24) is 0 Å². The summed E-state index contributed by atoms with van der Waals surface area (Å²) in [6.45, 7) is 6.43. The molecule has 0 spiro atoms. The molecule has 0 aliphatic heterocycles. The van der Waals surface area contributed by atoms with Gasteiger partial charge < -0.3 is 14.2 Å². The maximum absolute atomic E-state index is 12.8. The quantitative estimate of drug-likeness (QED) is 0.0263. The Morgan fingerprint density at radius 1 is 0.344 bits per heavy atom. The minimum atomic E-state index is -0.796. The Bertz CT molecular complexity index is 1120. The first-order valence-electron chi connectivity index (χ1n) is 25.8. The molecule has 0 fully saturated rings. The standard InChI is InChI=1S/C55H96O6/c1-4-7-10-13-16-19-22-24-26-27-28-30-31-33-36-39-42-45-48-54(57)60-51-52(50-59-53(56)47-44-41-38-35-21-18-15-12-9-6-3)61-55(58)49-46-43-40-37-34-32-29-25-23-20-17-14-11-8-5-2/h8,11-12,15,17,20,25,29,34,37,52H,4-7,9-10,13-14,16,18-19,21-24,26-28,30-33,35-36,38-51H2,1-3H3/b11-8-,15-12-,20-17-,29-25-,37-34-. The fraction of sp³-hybridized carbons (Fsp3) is 0.764. The van der Waals surface area contributed by atoms with Crippen LogP contribution in [0.4, 0.5) is 0 Å². The Morgan fingerprint density at radius 3 is 1.11 bits per heavy atom. The lowest BCUT2D eigenvalue weighted by atomic mass is 10.0. The Morgan fingerprint density at radius 2 is 0.672 bits per heavy atom. The van der Waals surface area contributed by atoms with Crippen LogP contribution in [-0.4, -0.2) is 37.2 Å². The van der Waals surface area contributed by atoms with Crippen LogP contribution < -0.4 is 0 Å². The Labute approximate surface area is 377 Å². The van der Waals surface area contributed by atoms with Crippen molar-refractivity contribution < 1.29 is 28.6 Å². The van der Waals surface area contributed by atoms with Crippen molar-refractivity contribution in [2.24, 2.45) is 0 Å². The van der Waals surface area contributed by atoms with Gasteiger partial charge in [0.15, 0.2) is 6.10 Å². The van der Waals surface area contributed by atoms with Crippen molar-refractivity contribution >= 4 is 17.9 Å². The third-order valence-electron chi connectivity index (χ3n) is 11.0. The molecule has 0 amide bonds. The summed E-state index contributed by atoms with van der Waals surface area (Å²) in [5, 5.41) is 0. The van der Waals surface area contributed by atoms with Gasteiger partial charge in [0.2, 0.25) is 0 Å². The van der Waals surface area contributed by atoms with Crippen molar-refractivity contribution in [1.29, 1.82) is 0 Å². The molecule has 0 aliphatic carbocycles. The van der Waals surface area contributed by atoms with E-state index in [9.17, 15) is 14.4 Å². The largest absolute Gasteiger partial charge is 0.462 e. The van der Waals surface area contributed by atoms with Crippen LogP contribution in [0.2, 0.25) is 0 Å². The number of hydrogen-bond acceptors (Lipinski definition) is 6. The second-order valence-corrected chi connectivity index (χ2v) is 17.1. The maximum atomic E-state index is 12.8. The topological polar surface area (TPSA) is 78.9 Å². The Balaban J connectivity index is 4.37. The summed E-state index contributed by atoms with van der Waals surface area (Å²) in [5.41, 5.74) is 0. The van der Waals surface area contributed by atoms with Gasteiger partial charge in [-0.05, 0) is 77.0 Å². The Kier molecular flexibility index (Phi) is 47.4. The molecular weight excluding hydrogens is 757 g/mol. The molecule has 0 rings (SSSR count). The lowest BCUT2D eigenvalue weighted by Crippen LogP contribution is -2.30. The van der Waals surface area contributed by atoms with Crippen molar-refractivity contribution in [3.8, 4) is 0 Å². The van der Waals surface area contributed by atoms with Gasteiger partial charge in [-0.3, -0.25) is 14.4 Å². The number of esters is 3. The van der Waals surface area contributed by atoms with Crippen LogP contribution in [-0.2, 0) is 28.6 Å². The summed E-state index contributed by atoms with van der Waals surface area (Å²) in [7, 11) is 0. The van der Waals surface area contributed by atoms with E-state index in [1.165, 1.54) is 109 Å². The minimum absolute atomic E-state index is 0.0917. The molecule has 0 aromatic carbocycles. The lowest BCUT2D eigenvalue weighted by Gasteiger charge is -2.18. The summed E-state index contributed by atoms with van der Waals surface area (Å²) in [5.74, 6) is -0.940. The molecule has 6 heteroatoms. The van der Waals surface area contributed by atoms with Crippen LogP contribution in [0.15, 0.2) is 60.8 Å². The van der Waals surface area contributed by atoms with E-state index >= 15 is 0 Å². The van der Waals surface area contributed by atoms with Gasteiger partial charge >= 0.3 is 17.9 Å². The van der Waals surface area contributed by atoms with Gasteiger partial charge in [-0.1, -0.05) is 216 Å². The molecule has 0 aliphatic rings. The molecule has 0 N–H and O–H groups in total. The Hall–Kier alpha value is -2.89. The molecule has 0 saturated heterocycles. The van der Waals surface area contributed by atoms with Gasteiger partial charge in [-0.2, -0.15) is 0 Å². The molecule has 6 nitrogen and oxygen atoms in total. The molecule has 0 aromatic heterocycles. The molecule has 1 atom stereocenters. The summed E-state index contributed by atoms with van der Waals surface area (Å²) >= 11 is 0. The monoisotopic (exact) mass is 853 g/mol. The SMILES string of the molecule is CC/C=C\C/C=C\C/C=C\C/C=C\CCCCC(=O)OC(COC(=O)CCCCCCC/C=C\CCC)COC(=O)CCCCCCCCCCCCCCCCCCCC. The van der Waals surface area contributed by atoms with Gasteiger partial charge in [0.1, 0.15) is 13.2 Å². The first kappa shape index (κ1) is 58.1. The second kappa shape index (κ2) is 49.8. The van der Waals surface area contributed by atoms with Gasteiger partial charge in [0.05, 0.1) is 0 Å². The predicted molar refractivity (Wildman–Crippen MR) is 261 cm³/mol. The molecule has 0 aromatic rings. The highest BCUT2D eigenvalue weighted by molar-refractivity contribution is 5.71. The lowest BCUT2D eigenvalue weighted by molar-refractivity contribution is -0.167. The van der Waals surface area contributed by atoms with Crippen LogP contribution in [0.25, 0.3) is 0 Å². The van der Waals surface area contributed by atoms with Crippen molar-refractivity contribution in [2.45, 2.75) is 258 Å². The zero-order valence-electron chi connectivity index (χ0n) is 40.2. The van der Waals surface area contributed by atoms with Crippen LogP contribution in [0, 0.1) is 0 Å². The van der Waals surface area contributed by atoms with Gasteiger partial charge in [-0.25, -0.2) is 0 Å². The van der Waals surface area contributed by atoms with Crippen LogP contribution in [0.3, 0.4) is 0 Å². The van der Waals surface area contributed by atoms with Crippen molar-refractivity contribution in [3.63, 3.8) is 0 Å². The highest BCUT2D eigenvalue weighted by Crippen LogP contribution is 2.16. The number of rotatable bonds is 46. The molecule has 61 heavy (non-hydrogen) atoms. The van der Waals surface area contributed by atoms with Gasteiger partial charge in [0, 0.05) is 19.3 Å². The highest BCUT2D eigenvalue weighted by Gasteiger charge is 2.19. The number of hydrogen-bond donors (Lipinski definition) is 0. The van der Waals surface area contributed by atoms with Crippen LogP contribution in [0.5, 0.6) is 0 Å². The molecule has 1 unspecified atom stereocenters. The number of carbonyl (C=O) groups is 3. The van der Waals surface area contributed by atoms with E-state index < -0.39 is 6.10 Å². The first-order valence-corrected chi connectivity index (χ1v) is 25.8. The van der Waals surface area contributed by atoms with E-state index in [0.717, 1.165) is 96.3 Å². The molecule has 0 radical (unpaired) electrons. The normalized spacial score (nSPS) is 12.5. The fourth-order valence-corrected chi connectivity index (χ4v) is 7.14. The number of ether oxygens (including phenoxy) is 3. The van der Waals surface area contributed by atoms with Gasteiger partial charge in [0.25, 0.3) is 0 Å². The molecule has 0 bridgehead atoms. The third-order valence-corrected chi connectivity index (χ3v) is 11.0. The predicted octanol–water partition coefficient (Wildman–Crippen LogP) is 16.9. The number of allylic oxidation sites excluding steroid dienone is 10. The average Bonchev–Trinajstić information content (AvgIpc) is 3.26. The third kappa shape index (κ3) is 48.0. The molecule has 0 heterocycles. The fourth-order valence-electron chi connectivity index (χ4n) is 7.14. The van der Waals surface area contributed by atoms with E-state index in [0.29, 0.717) is 19.3 Å². The maximum Gasteiger partial charge on any atom is 0.306 e. The highest BCUT2D eigenvalue weighted by atomic mass is 16.6. The zero-order valence-corrected chi connectivity index (χ0v) is 40.2. The summed E-state index contributed by atoms with van der Waals surface area (Å²) in [6, 6.07) is 0. The smallest absolute Gasteiger partial charge is 0.306 e. The zero-order chi connectivity index (χ0) is 44.4. The molecule has 0 saturated carbocycles. The molecule has 352 valence electrons. The summed E-state index contributed by atoms with van der Waals surface area (Å²) < 4.78 is 16.7. The number of carbonyl (C=O) groups excluding carboxylic acids is 3.